The molecule has 0 spiro atoms. The molecule has 0 aliphatic heterocycles. The predicted octanol–water partition coefficient (Wildman–Crippen LogP) is 6.26. The van der Waals surface area contributed by atoms with E-state index in [1.807, 2.05) is 12.1 Å². The van der Waals surface area contributed by atoms with Crippen molar-refractivity contribution in [2.24, 2.45) is 5.92 Å². The van der Waals surface area contributed by atoms with E-state index in [4.69, 9.17) is 9.15 Å². The Morgan fingerprint density at radius 2 is 1.71 bits per heavy atom. The summed E-state index contributed by atoms with van der Waals surface area (Å²) in [5, 5.41) is 5.06. The number of carbonyl (C=O) groups excluding carboxylic acids is 3. The highest BCUT2D eigenvalue weighted by Gasteiger charge is 2.42. The van der Waals surface area contributed by atoms with Crippen LogP contribution in [0.2, 0.25) is 0 Å². The van der Waals surface area contributed by atoms with Gasteiger partial charge in [-0.3, -0.25) is 14.4 Å². The van der Waals surface area contributed by atoms with Gasteiger partial charge in [0.2, 0.25) is 17.6 Å². The molecule has 0 bridgehead atoms. The maximum Gasteiger partial charge on any atom is 0.452 e. The smallest absolute Gasteiger partial charge is 0.452 e. The minimum atomic E-state index is -4.92. The Hall–Kier alpha value is -4.15. The highest BCUT2D eigenvalue weighted by Crippen LogP contribution is 2.38. The summed E-state index contributed by atoms with van der Waals surface area (Å²) in [6.07, 6.45) is -0.770. The topological polar surface area (TPSA) is 111 Å². The molecular formula is C30H32F3N3O5. The number of methoxy groups -OCH3 is 1. The molecule has 41 heavy (non-hydrogen) atoms. The summed E-state index contributed by atoms with van der Waals surface area (Å²) >= 11 is 0. The van der Waals surface area contributed by atoms with Crippen LogP contribution in [0.15, 0.2) is 52.9 Å². The van der Waals surface area contributed by atoms with Gasteiger partial charge in [0.25, 0.3) is 5.91 Å². The van der Waals surface area contributed by atoms with Gasteiger partial charge in [0.1, 0.15) is 0 Å². The van der Waals surface area contributed by atoms with Crippen molar-refractivity contribution in [1.82, 2.24) is 10.3 Å². The standard InChI is InChI=1S/C30H32F3N3O5/c1-18-5-3-4-6-23(18)29-36-26(27(41-29)30(31,32)33)28(39)34-16-15-24(37)35-22-13-11-21(12-14-22)20-9-7-19(8-10-20)17-25(38)40-2/h3-6,11-14,19-20H,7-10,15-17H2,1-2H3,(H,34,39)(H,35,37)/t19-,20-. The van der Waals surface area contributed by atoms with E-state index in [0.29, 0.717) is 35.1 Å². The van der Waals surface area contributed by atoms with Crippen molar-refractivity contribution in [3.8, 4) is 11.5 Å². The van der Waals surface area contributed by atoms with Gasteiger partial charge in [-0.1, -0.05) is 30.3 Å². The molecule has 1 aromatic heterocycles. The number of amides is 2. The monoisotopic (exact) mass is 571 g/mol. The SMILES string of the molecule is COC(=O)C[C@H]1CC[C@H](c2ccc(NC(=O)CCNC(=O)c3nc(-c4ccccc4C)oc3C(F)(F)F)cc2)CC1. The van der Waals surface area contributed by atoms with Crippen molar-refractivity contribution < 1.29 is 36.7 Å². The summed E-state index contributed by atoms with van der Waals surface area (Å²) in [6, 6.07) is 14.1. The third kappa shape index (κ3) is 7.74. The average Bonchev–Trinajstić information content (AvgIpc) is 3.40. The number of anilines is 1. The van der Waals surface area contributed by atoms with Crippen LogP contribution in [0.3, 0.4) is 0 Å². The largest absolute Gasteiger partial charge is 0.469 e. The molecule has 0 radical (unpaired) electrons. The number of esters is 1. The zero-order chi connectivity index (χ0) is 29.6. The van der Waals surface area contributed by atoms with E-state index < -0.39 is 29.4 Å². The van der Waals surface area contributed by atoms with Gasteiger partial charge in [0, 0.05) is 30.6 Å². The molecule has 1 fully saturated rings. The van der Waals surface area contributed by atoms with Crippen LogP contribution in [0.4, 0.5) is 18.9 Å². The molecule has 4 rings (SSSR count). The maximum absolute atomic E-state index is 13.6. The summed E-state index contributed by atoms with van der Waals surface area (Å²) in [4.78, 5) is 40.3. The molecule has 1 aliphatic carbocycles. The van der Waals surface area contributed by atoms with Crippen molar-refractivity contribution in [3.63, 3.8) is 0 Å². The predicted molar refractivity (Wildman–Crippen MR) is 145 cm³/mol. The molecular weight excluding hydrogens is 539 g/mol. The Labute approximate surface area is 235 Å². The van der Waals surface area contributed by atoms with Crippen molar-refractivity contribution in [2.45, 2.75) is 57.5 Å². The van der Waals surface area contributed by atoms with Crippen LogP contribution in [0.5, 0.6) is 0 Å². The molecule has 2 amide bonds. The number of alkyl halides is 3. The number of nitrogens with zero attached hydrogens (tertiary/aromatic N) is 1. The Balaban J connectivity index is 1.28. The molecule has 0 unspecified atom stereocenters. The van der Waals surface area contributed by atoms with Crippen molar-refractivity contribution in [3.05, 3.63) is 71.1 Å². The normalized spacial score (nSPS) is 17.1. The number of hydrogen-bond donors (Lipinski definition) is 2. The third-order valence-corrected chi connectivity index (χ3v) is 7.31. The highest BCUT2D eigenvalue weighted by atomic mass is 19.4. The number of aromatic nitrogens is 1. The number of halogens is 3. The summed E-state index contributed by atoms with van der Waals surface area (Å²) in [6.45, 7) is 1.50. The molecule has 8 nitrogen and oxygen atoms in total. The fourth-order valence-electron chi connectivity index (χ4n) is 5.05. The first-order chi connectivity index (χ1) is 19.5. The zero-order valence-corrected chi connectivity index (χ0v) is 22.8. The number of hydrogen-bond acceptors (Lipinski definition) is 6. The Bertz CT molecular complexity index is 1380. The maximum atomic E-state index is 13.6. The second-order valence-corrected chi connectivity index (χ2v) is 10.2. The van der Waals surface area contributed by atoms with Crippen LogP contribution in [0.25, 0.3) is 11.5 Å². The minimum Gasteiger partial charge on any atom is -0.469 e. The molecule has 1 saturated carbocycles. The van der Waals surface area contributed by atoms with E-state index >= 15 is 0 Å². The first-order valence-corrected chi connectivity index (χ1v) is 13.4. The number of rotatable bonds is 9. The van der Waals surface area contributed by atoms with E-state index in [0.717, 1.165) is 31.2 Å². The fraction of sp³-hybridized carbons (Fsp3) is 0.400. The summed E-state index contributed by atoms with van der Waals surface area (Å²) in [7, 11) is 1.40. The number of carbonyl (C=O) groups is 3. The van der Waals surface area contributed by atoms with Gasteiger partial charge in [-0.25, -0.2) is 4.98 Å². The van der Waals surface area contributed by atoms with Gasteiger partial charge in [-0.2, -0.15) is 13.2 Å². The van der Waals surface area contributed by atoms with Crippen molar-refractivity contribution >= 4 is 23.5 Å². The Morgan fingerprint density at radius 3 is 2.34 bits per heavy atom. The second-order valence-electron chi connectivity index (χ2n) is 10.2. The lowest BCUT2D eigenvalue weighted by molar-refractivity contribution is -0.153. The third-order valence-electron chi connectivity index (χ3n) is 7.31. The van der Waals surface area contributed by atoms with Crippen molar-refractivity contribution in [1.29, 1.82) is 0 Å². The van der Waals surface area contributed by atoms with E-state index in [2.05, 4.69) is 15.6 Å². The molecule has 218 valence electrons. The number of aryl methyl sites for hydroxylation is 1. The van der Waals surface area contributed by atoms with Gasteiger partial charge >= 0.3 is 12.1 Å². The molecule has 1 aliphatic rings. The molecule has 2 N–H and O–H groups in total. The zero-order valence-electron chi connectivity index (χ0n) is 22.8. The van der Waals surface area contributed by atoms with Gasteiger partial charge in [-0.15, -0.1) is 0 Å². The van der Waals surface area contributed by atoms with Gasteiger partial charge in [-0.05, 0) is 73.8 Å². The summed E-state index contributed by atoms with van der Waals surface area (Å²) < 4.78 is 50.4. The van der Waals surface area contributed by atoms with Crippen LogP contribution < -0.4 is 10.6 Å². The first-order valence-electron chi connectivity index (χ1n) is 13.4. The van der Waals surface area contributed by atoms with E-state index in [9.17, 15) is 27.6 Å². The Kier molecular flexibility index (Phi) is 9.46. The van der Waals surface area contributed by atoms with E-state index in [1.54, 1.807) is 43.3 Å². The lowest BCUT2D eigenvalue weighted by Gasteiger charge is -2.28. The molecule has 0 atom stereocenters. The lowest BCUT2D eigenvalue weighted by Crippen LogP contribution is -2.29. The number of ether oxygens (including phenoxy) is 1. The molecule has 3 aromatic rings. The van der Waals surface area contributed by atoms with E-state index in [1.165, 1.54) is 7.11 Å². The van der Waals surface area contributed by atoms with Crippen LogP contribution in [-0.2, 0) is 20.5 Å². The lowest BCUT2D eigenvalue weighted by atomic mass is 9.77. The molecule has 1 heterocycles. The molecule has 0 saturated heterocycles. The number of oxazole rings is 1. The van der Waals surface area contributed by atoms with Gasteiger partial charge < -0.3 is 19.8 Å². The van der Waals surface area contributed by atoms with Crippen LogP contribution in [0, 0.1) is 12.8 Å². The minimum absolute atomic E-state index is 0.151. The van der Waals surface area contributed by atoms with Crippen LogP contribution in [-0.4, -0.2) is 36.4 Å². The number of nitrogens with one attached hydrogen (secondary N) is 2. The van der Waals surface area contributed by atoms with Crippen molar-refractivity contribution in [2.75, 3.05) is 19.0 Å². The fourth-order valence-corrected chi connectivity index (χ4v) is 5.05. The molecule has 2 aromatic carbocycles. The summed E-state index contributed by atoms with van der Waals surface area (Å²) in [5.41, 5.74) is 1.83. The second kappa shape index (κ2) is 13.0. The Morgan fingerprint density at radius 1 is 1.02 bits per heavy atom. The highest BCUT2D eigenvalue weighted by molar-refractivity contribution is 5.95. The van der Waals surface area contributed by atoms with Crippen LogP contribution >= 0.6 is 0 Å². The quantitative estimate of drug-likeness (QED) is 0.293. The van der Waals surface area contributed by atoms with Gasteiger partial charge in [0.05, 0.1) is 7.11 Å². The van der Waals surface area contributed by atoms with E-state index in [-0.39, 0.29) is 24.8 Å². The molecule has 11 heteroatoms. The van der Waals surface area contributed by atoms with Gasteiger partial charge in [0.15, 0.2) is 5.69 Å². The average molecular weight is 572 g/mol. The summed E-state index contributed by atoms with van der Waals surface area (Å²) in [5.74, 6) is -2.74. The number of benzene rings is 2. The van der Waals surface area contributed by atoms with Crippen LogP contribution in [0.1, 0.15) is 71.8 Å². The first kappa shape index (κ1) is 29.8.